The van der Waals surface area contributed by atoms with E-state index >= 15 is 0 Å². The van der Waals surface area contributed by atoms with E-state index in [2.05, 4.69) is 33.7 Å². The first-order chi connectivity index (χ1) is 9.38. The van der Waals surface area contributed by atoms with E-state index in [0.717, 1.165) is 33.4 Å². The highest BCUT2D eigenvalue weighted by atomic mass is 16.3. The van der Waals surface area contributed by atoms with Crippen molar-refractivity contribution in [1.82, 2.24) is 10.2 Å². The van der Waals surface area contributed by atoms with Gasteiger partial charge in [0.15, 0.2) is 0 Å². The highest BCUT2D eigenvalue weighted by Crippen LogP contribution is 2.31. The number of nitrogens with zero attached hydrogens (tertiary/aromatic N) is 1. The Morgan fingerprint density at radius 2 is 1.95 bits per heavy atom. The summed E-state index contributed by atoms with van der Waals surface area (Å²) in [5.74, 6) is 0. The lowest BCUT2D eigenvalue weighted by Crippen LogP contribution is -1.86. The van der Waals surface area contributed by atoms with Crippen molar-refractivity contribution < 1.29 is 4.42 Å². The summed E-state index contributed by atoms with van der Waals surface area (Å²) in [7, 11) is 0. The molecule has 92 valence electrons. The zero-order valence-corrected chi connectivity index (χ0v) is 10.1. The molecule has 4 heteroatoms. The van der Waals surface area contributed by atoms with Gasteiger partial charge in [-0.15, -0.1) is 0 Å². The molecule has 4 rings (SSSR count). The maximum Gasteiger partial charge on any atom is 0.0980 e. The Labute approximate surface area is 109 Å². The molecule has 1 aromatic heterocycles. The van der Waals surface area contributed by atoms with E-state index in [4.69, 9.17) is 4.42 Å². The monoisotopic (exact) mass is 249 g/mol. The zero-order chi connectivity index (χ0) is 12.7. The standard InChI is InChI=1S/C15H11N3O/c1-2-15-11(8-16-18-15)6-13(1)17-14-5-10-3-4-19-9-12(10)7-14/h1-9,17H,(H,16,18). The minimum atomic E-state index is 1.04. The molecule has 2 aliphatic rings. The molecule has 2 N–H and O–H groups in total. The molecule has 1 aliphatic heterocycles. The second-order valence-corrected chi connectivity index (χ2v) is 4.51. The Balaban J connectivity index is 1.72. The molecule has 0 amide bonds. The van der Waals surface area contributed by atoms with E-state index < -0.39 is 0 Å². The summed E-state index contributed by atoms with van der Waals surface area (Å²) in [5.41, 5.74) is 5.39. The number of nitrogens with one attached hydrogen (secondary N) is 2. The number of hydrogen-bond donors (Lipinski definition) is 2. The van der Waals surface area contributed by atoms with E-state index in [1.807, 2.05) is 24.4 Å². The van der Waals surface area contributed by atoms with Crippen molar-refractivity contribution in [2.75, 3.05) is 5.32 Å². The van der Waals surface area contributed by atoms with Crippen LogP contribution in [0.3, 0.4) is 0 Å². The molecule has 19 heavy (non-hydrogen) atoms. The van der Waals surface area contributed by atoms with Crippen LogP contribution in [0.2, 0.25) is 0 Å². The molecule has 0 unspecified atom stereocenters. The summed E-state index contributed by atoms with van der Waals surface area (Å²) in [6.45, 7) is 0. The third-order valence-corrected chi connectivity index (χ3v) is 3.21. The third kappa shape index (κ3) is 1.74. The van der Waals surface area contributed by atoms with Crippen LogP contribution in [0.4, 0.5) is 11.4 Å². The molecular weight excluding hydrogens is 238 g/mol. The summed E-state index contributed by atoms with van der Waals surface area (Å²) in [4.78, 5) is 0. The third-order valence-electron chi connectivity index (χ3n) is 3.21. The maximum absolute atomic E-state index is 5.16. The van der Waals surface area contributed by atoms with Gasteiger partial charge in [-0.2, -0.15) is 5.10 Å². The topological polar surface area (TPSA) is 53.9 Å². The second kappa shape index (κ2) is 3.88. The van der Waals surface area contributed by atoms with Gasteiger partial charge in [0, 0.05) is 22.3 Å². The predicted molar refractivity (Wildman–Crippen MR) is 74.7 cm³/mol. The summed E-state index contributed by atoms with van der Waals surface area (Å²) >= 11 is 0. The first kappa shape index (κ1) is 10.2. The van der Waals surface area contributed by atoms with Gasteiger partial charge >= 0.3 is 0 Å². The second-order valence-electron chi connectivity index (χ2n) is 4.51. The highest BCUT2D eigenvalue weighted by molar-refractivity contribution is 5.84. The number of fused-ring (bicyclic) bond motifs is 2. The molecule has 0 fully saturated rings. The number of aromatic amines is 1. The molecule has 0 radical (unpaired) electrons. The quantitative estimate of drug-likeness (QED) is 0.564. The Hall–Kier alpha value is -2.75. The fourth-order valence-electron chi connectivity index (χ4n) is 2.27. The Kier molecular flexibility index (Phi) is 2.08. The number of benzene rings is 1. The van der Waals surface area contributed by atoms with Crippen LogP contribution < -0.4 is 5.32 Å². The number of hydrogen-bond acceptors (Lipinski definition) is 3. The van der Waals surface area contributed by atoms with Crippen molar-refractivity contribution in [3.8, 4) is 11.1 Å². The Morgan fingerprint density at radius 1 is 1.00 bits per heavy atom. The summed E-state index contributed by atoms with van der Waals surface area (Å²) in [5, 5.41) is 11.4. The van der Waals surface area contributed by atoms with Gasteiger partial charge in [-0.3, -0.25) is 5.10 Å². The van der Waals surface area contributed by atoms with Gasteiger partial charge in [-0.1, -0.05) is 0 Å². The van der Waals surface area contributed by atoms with Gasteiger partial charge in [0.2, 0.25) is 0 Å². The average molecular weight is 249 g/mol. The predicted octanol–water partition coefficient (Wildman–Crippen LogP) is 4.00. The van der Waals surface area contributed by atoms with E-state index in [1.165, 1.54) is 0 Å². The molecule has 1 aromatic carbocycles. The Bertz CT molecular complexity index is 785. The maximum atomic E-state index is 5.16. The van der Waals surface area contributed by atoms with Crippen LogP contribution in [-0.4, -0.2) is 10.2 Å². The fraction of sp³-hybridized carbons (Fsp3) is 0. The van der Waals surface area contributed by atoms with Gasteiger partial charge in [-0.05, 0) is 42.0 Å². The number of rotatable bonds is 2. The van der Waals surface area contributed by atoms with Crippen LogP contribution in [0.1, 0.15) is 0 Å². The smallest absolute Gasteiger partial charge is 0.0980 e. The van der Waals surface area contributed by atoms with Gasteiger partial charge in [0.25, 0.3) is 0 Å². The minimum absolute atomic E-state index is 1.04. The summed E-state index contributed by atoms with van der Waals surface area (Å²) in [6.07, 6.45) is 5.25. The lowest BCUT2D eigenvalue weighted by atomic mass is 10.2. The van der Waals surface area contributed by atoms with Crippen molar-refractivity contribution in [3.05, 3.63) is 55.1 Å². The van der Waals surface area contributed by atoms with Crippen LogP contribution >= 0.6 is 0 Å². The van der Waals surface area contributed by atoms with E-state index in [0.29, 0.717) is 0 Å². The van der Waals surface area contributed by atoms with Crippen LogP contribution in [0.15, 0.2) is 59.5 Å². The fourth-order valence-corrected chi connectivity index (χ4v) is 2.27. The molecular formula is C15H11N3O. The van der Waals surface area contributed by atoms with Crippen molar-refractivity contribution in [2.24, 2.45) is 0 Å². The van der Waals surface area contributed by atoms with Gasteiger partial charge in [0.1, 0.15) is 0 Å². The molecule has 1 aliphatic carbocycles. The summed E-state index contributed by atoms with van der Waals surface area (Å²) < 4.78 is 5.16. The van der Waals surface area contributed by atoms with Crippen LogP contribution in [-0.2, 0) is 0 Å². The number of anilines is 2. The van der Waals surface area contributed by atoms with Crippen molar-refractivity contribution in [1.29, 1.82) is 0 Å². The molecule has 0 spiro atoms. The van der Waals surface area contributed by atoms with Crippen LogP contribution in [0.5, 0.6) is 0 Å². The highest BCUT2D eigenvalue weighted by Gasteiger charge is 2.07. The van der Waals surface area contributed by atoms with Crippen molar-refractivity contribution in [3.63, 3.8) is 0 Å². The SMILES string of the molecule is c1cc2cc(Nc3ccc4[nH]ncc4c3)cc-2co1. The largest absolute Gasteiger partial charge is 0.472 e. The lowest BCUT2D eigenvalue weighted by molar-refractivity contribution is 0.552. The first-order valence-electron chi connectivity index (χ1n) is 6.05. The molecule has 0 saturated heterocycles. The molecule has 2 heterocycles. The molecule has 4 nitrogen and oxygen atoms in total. The Morgan fingerprint density at radius 3 is 2.89 bits per heavy atom. The normalized spacial score (nSPS) is 11.2. The van der Waals surface area contributed by atoms with E-state index in [-0.39, 0.29) is 0 Å². The van der Waals surface area contributed by atoms with E-state index in [9.17, 15) is 0 Å². The lowest BCUT2D eigenvalue weighted by Gasteiger charge is -2.03. The molecule has 2 aromatic rings. The van der Waals surface area contributed by atoms with Gasteiger partial charge < -0.3 is 9.73 Å². The van der Waals surface area contributed by atoms with Crippen molar-refractivity contribution in [2.45, 2.75) is 0 Å². The van der Waals surface area contributed by atoms with Crippen LogP contribution in [0, 0.1) is 0 Å². The first-order valence-corrected chi connectivity index (χ1v) is 6.05. The van der Waals surface area contributed by atoms with E-state index in [1.54, 1.807) is 12.5 Å². The minimum Gasteiger partial charge on any atom is -0.472 e. The van der Waals surface area contributed by atoms with Gasteiger partial charge in [0.05, 0.1) is 24.2 Å². The average Bonchev–Trinajstić information content (AvgIpc) is 3.03. The zero-order valence-electron chi connectivity index (χ0n) is 10.1. The summed E-state index contributed by atoms with van der Waals surface area (Å²) in [6, 6.07) is 12.2. The van der Waals surface area contributed by atoms with Crippen LogP contribution in [0.25, 0.3) is 22.0 Å². The van der Waals surface area contributed by atoms with Gasteiger partial charge in [-0.25, -0.2) is 0 Å². The number of H-pyrrole nitrogens is 1. The molecule has 0 atom stereocenters. The molecule has 0 bridgehead atoms. The number of aromatic nitrogens is 2. The molecule has 0 saturated carbocycles. The van der Waals surface area contributed by atoms with Crippen molar-refractivity contribution >= 4 is 22.3 Å².